The molecule has 12 heteroatoms. The van der Waals surface area contributed by atoms with Gasteiger partial charge in [0.05, 0.1) is 17.4 Å². The van der Waals surface area contributed by atoms with Crippen LogP contribution in [0.5, 0.6) is 11.5 Å². The standard InChI is InChI=1S/C25H29F2N5O5/c1-24(2,3)36-22(33)32(23(34)37-25(4,5)6)21-20(14-12-30-31(7)13-14)18(8-9-29-21)35-19-11-15(26)17(28)10-16(19)27/h8-13H,28H2,1-7H3. The molecule has 0 atom stereocenters. The number of aryl methyl sites for hydroxylation is 1. The van der Waals surface area contributed by atoms with Crippen molar-refractivity contribution >= 4 is 23.7 Å². The highest BCUT2D eigenvalue weighted by Crippen LogP contribution is 2.41. The summed E-state index contributed by atoms with van der Waals surface area (Å²) in [5, 5.41) is 4.13. The van der Waals surface area contributed by atoms with Crippen LogP contribution in [-0.2, 0) is 16.5 Å². The third kappa shape index (κ3) is 6.72. The minimum Gasteiger partial charge on any atom is -0.453 e. The second-order valence-electron chi connectivity index (χ2n) is 10.1. The summed E-state index contributed by atoms with van der Waals surface area (Å²) < 4.78 is 46.8. The lowest BCUT2D eigenvalue weighted by atomic mass is 10.1. The van der Waals surface area contributed by atoms with Crippen LogP contribution in [0.15, 0.2) is 36.8 Å². The second-order valence-corrected chi connectivity index (χ2v) is 10.1. The number of benzene rings is 1. The first kappa shape index (κ1) is 27.4. The maximum absolute atomic E-state index is 14.6. The van der Waals surface area contributed by atoms with E-state index >= 15 is 0 Å². The number of rotatable bonds is 4. The number of amides is 2. The van der Waals surface area contributed by atoms with E-state index in [1.54, 1.807) is 54.8 Å². The predicted molar refractivity (Wildman–Crippen MR) is 132 cm³/mol. The first-order chi connectivity index (χ1) is 17.1. The molecule has 2 N–H and O–H groups in total. The number of anilines is 2. The molecule has 37 heavy (non-hydrogen) atoms. The van der Waals surface area contributed by atoms with Gasteiger partial charge < -0.3 is 19.9 Å². The summed E-state index contributed by atoms with van der Waals surface area (Å²) in [6, 6.07) is 2.93. The predicted octanol–water partition coefficient (Wildman–Crippen LogP) is 5.81. The summed E-state index contributed by atoms with van der Waals surface area (Å²) in [4.78, 5) is 31.4. The number of carbonyl (C=O) groups excluding carboxylic acids is 2. The van der Waals surface area contributed by atoms with Gasteiger partial charge in [0.1, 0.15) is 22.8 Å². The molecular weight excluding hydrogens is 488 g/mol. The van der Waals surface area contributed by atoms with Crippen molar-refractivity contribution < 1.29 is 32.6 Å². The highest BCUT2D eigenvalue weighted by atomic mass is 19.1. The van der Waals surface area contributed by atoms with Crippen molar-refractivity contribution in [1.82, 2.24) is 14.8 Å². The van der Waals surface area contributed by atoms with Crippen molar-refractivity contribution in [1.29, 1.82) is 0 Å². The molecule has 10 nitrogen and oxygen atoms in total. The van der Waals surface area contributed by atoms with Gasteiger partial charge in [-0.15, -0.1) is 0 Å². The van der Waals surface area contributed by atoms with E-state index in [9.17, 15) is 18.4 Å². The van der Waals surface area contributed by atoms with Crippen molar-refractivity contribution in [3.63, 3.8) is 0 Å². The van der Waals surface area contributed by atoms with E-state index in [1.165, 1.54) is 23.1 Å². The van der Waals surface area contributed by atoms with Crippen molar-refractivity contribution in [2.45, 2.75) is 52.7 Å². The number of imide groups is 1. The molecular formula is C25H29F2N5O5. The molecule has 198 valence electrons. The van der Waals surface area contributed by atoms with Crippen LogP contribution < -0.4 is 15.4 Å². The van der Waals surface area contributed by atoms with Crippen LogP contribution in [0, 0.1) is 11.6 Å². The number of nitrogens with zero attached hydrogens (tertiary/aromatic N) is 4. The monoisotopic (exact) mass is 517 g/mol. The van der Waals surface area contributed by atoms with Crippen molar-refractivity contribution in [3.8, 4) is 22.6 Å². The fraction of sp³-hybridized carbons (Fsp3) is 0.360. The lowest BCUT2D eigenvalue weighted by Gasteiger charge is -2.29. The third-order valence-electron chi connectivity index (χ3n) is 4.52. The number of nitrogens with two attached hydrogens (primary N) is 1. The van der Waals surface area contributed by atoms with Crippen LogP contribution >= 0.6 is 0 Å². The van der Waals surface area contributed by atoms with Gasteiger partial charge in [0.25, 0.3) is 0 Å². The zero-order valence-electron chi connectivity index (χ0n) is 21.6. The number of hydrogen-bond donors (Lipinski definition) is 1. The summed E-state index contributed by atoms with van der Waals surface area (Å²) in [5.41, 5.74) is 3.54. The van der Waals surface area contributed by atoms with E-state index in [0.29, 0.717) is 10.5 Å². The number of aromatic nitrogens is 3. The molecule has 3 rings (SSSR count). The van der Waals surface area contributed by atoms with Crippen molar-refractivity contribution in [3.05, 3.63) is 48.4 Å². The van der Waals surface area contributed by atoms with Crippen molar-refractivity contribution in [2.24, 2.45) is 7.05 Å². The number of hydrogen-bond acceptors (Lipinski definition) is 8. The molecule has 0 aliphatic carbocycles. The Balaban J connectivity index is 2.24. The average Bonchev–Trinajstić information content (AvgIpc) is 3.15. The summed E-state index contributed by atoms with van der Waals surface area (Å²) in [5.74, 6) is -2.58. The largest absolute Gasteiger partial charge is 0.453 e. The Kier molecular flexibility index (Phi) is 7.42. The molecule has 0 spiro atoms. The van der Waals surface area contributed by atoms with Gasteiger partial charge in [-0.2, -0.15) is 10.00 Å². The van der Waals surface area contributed by atoms with Gasteiger partial charge in [0.15, 0.2) is 17.4 Å². The fourth-order valence-corrected chi connectivity index (χ4v) is 3.11. The quantitative estimate of drug-likeness (QED) is 0.430. The topological polar surface area (TPSA) is 122 Å². The third-order valence-corrected chi connectivity index (χ3v) is 4.52. The van der Waals surface area contributed by atoms with Crippen LogP contribution in [0.1, 0.15) is 41.5 Å². The molecule has 2 aromatic heterocycles. The molecule has 0 unspecified atom stereocenters. The maximum Gasteiger partial charge on any atom is 0.425 e. The molecule has 0 fully saturated rings. The Morgan fingerprint density at radius 1 is 0.973 bits per heavy atom. The fourth-order valence-electron chi connectivity index (χ4n) is 3.11. The Morgan fingerprint density at radius 3 is 2.08 bits per heavy atom. The molecule has 2 heterocycles. The minimum absolute atomic E-state index is 0.0572. The second kappa shape index (κ2) is 10.0. The van der Waals surface area contributed by atoms with Crippen LogP contribution in [-0.4, -0.2) is 38.2 Å². The lowest BCUT2D eigenvalue weighted by Crippen LogP contribution is -2.44. The molecule has 0 saturated carbocycles. The van der Waals surface area contributed by atoms with E-state index in [0.717, 1.165) is 12.1 Å². The first-order valence-electron chi connectivity index (χ1n) is 11.2. The lowest BCUT2D eigenvalue weighted by molar-refractivity contribution is 0.0429. The summed E-state index contributed by atoms with van der Waals surface area (Å²) in [6.07, 6.45) is 2.09. The van der Waals surface area contributed by atoms with Gasteiger partial charge in [0.2, 0.25) is 0 Å². The van der Waals surface area contributed by atoms with Gasteiger partial charge in [0, 0.05) is 37.1 Å². The van der Waals surface area contributed by atoms with Gasteiger partial charge in [-0.3, -0.25) is 4.68 Å². The summed E-state index contributed by atoms with van der Waals surface area (Å²) in [6.45, 7) is 9.78. The van der Waals surface area contributed by atoms with Gasteiger partial charge in [-0.05, 0) is 47.6 Å². The van der Waals surface area contributed by atoms with Gasteiger partial charge in [-0.1, -0.05) is 0 Å². The van der Waals surface area contributed by atoms with E-state index in [-0.39, 0.29) is 17.1 Å². The first-order valence-corrected chi connectivity index (χ1v) is 11.2. The van der Waals surface area contributed by atoms with Crippen molar-refractivity contribution in [2.75, 3.05) is 10.6 Å². The molecule has 1 aromatic carbocycles. The van der Waals surface area contributed by atoms with Gasteiger partial charge in [-0.25, -0.2) is 23.4 Å². The van der Waals surface area contributed by atoms with E-state index in [2.05, 4.69) is 10.1 Å². The zero-order chi connectivity index (χ0) is 27.7. The summed E-state index contributed by atoms with van der Waals surface area (Å²) in [7, 11) is 1.65. The zero-order valence-corrected chi connectivity index (χ0v) is 21.6. The van der Waals surface area contributed by atoms with Crippen LogP contribution in [0.4, 0.5) is 29.9 Å². The number of ether oxygens (including phenoxy) is 3. The number of carbonyl (C=O) groups is 2. The van der Waals surface area contributed by atoms with Gasteiger partial charge >= 0.3 is 12.2 Å². The molecule has 0 saturated heterocycles. The van der Waals surface area contributed by atoms with E-state index in [4.69, 9.17) is 19.9 Å². The highest BCUT2D eigenvalue weighted by Gasteiger charge is 2.36. The number of nitrogen functional groups attached to an aromatic ring is 1. The maximum atomic E-state index is 14.6. The SMILES string of the molecule is Cn1cc(-c2c(Oc3cc(F)c(N)cc3F)ccnc2N(C(=O)OC(C)(C)C)C(=O)OC(C)(C)C)cn1. The van der Waals surface area contributed by atoms with E-state index < -0.39 is 46.5 Å². The molecule has 0 radical (unpaired) electrons. The normalized spacial score (nSPS) is 11.7. The Bertz CT molecular complexity index is 1300. The molecule has 2 amide bonds. The summed E-state index contributed by atoms with van der Waals surface area (Å²) >= 11 is 0. The van der Waals surface area contributed by atoms with Crippen LogP contribution in [0.25, 0.3) is 11.1 Å². The molecule has 0 bridgehead atoms. The Morgan fingerprint density at radius 2 is 1.57 bits per heavy atom. The Labute approximate surface area is 212 Å². The van der Waals surface area contributed by atoms with Crippen LogP contribution in [0.2, 0.25) is 0 Å². The Hall–Kier alpha value is -4.22. The minimum atomic E-state index is -1.07. The van der Waals surface area contributed by atoms with Crippen LogP contribution in [0.3, 0.4) is 0 Å². The average molecular weight is 518 g/mol. The van der Waals surface area contributed by atoms with E-state index in [1.807, 2.05) is 0 Å². The molecule has 0 aliphatic rings. The highest BCUT2D eigenvalue weighted by molar-refractivity contribution is 6.11. The smallest absolute Gasteiger partial charge is 0.425 e. The molecule has 3 aromatic rings. The number of pyridine rings is 1. The molecule has 0 aliphatic heterocycles. The number of halogens is 2.